The number of hydrogen-bond acceptors (Lipinski definition) is 2. The van der Waals surface area contributed by atoms with Gasteiger partial charge in [0.25, 0.3) is 0 Å². The molecule has 0 aliphatic carbocycles. The number of ether oxygens (including phenoxy) is 1. The Morgan fingerprint density at radius 2 is 2.19 bits per heavy atom. The molecule has 2 unspecified atom stereocenters. The third kappa shape index (κ3) is 1.94. The van der Waals surface area contributed by atoms with Crippen molar-refractivity contribution in [3.8, 4) is 0 Å². The minimum Gasteiger partial charge on any atom is -0.385 e. The van der Waals surface area contributed by atoms with Gasteiger partial charge in [-0.1, -0.05) is 18.2 Å². The van der Waals surface area contributed by atoms with Crippen LogP contribution in [0.3, 0.4) is 0 Å². The third-order valence-corrected chi connectivity index (χ3v) is 3.85. The molecular weight excluding hydrogens is 198 g/mol. The average Bonchev–Trinajstić information content (AvgIpc) is 2.82. The lowest BCUT2D eigenvalue weighted by molar-refractivity contribution is 0.182. The van der Waals surface area contributed by atoms with Gasteiger partial charge in [-0.3, -0.25) is 0 Å². The second kappa shape index (κ2) is 4.46. The number of para-hydroxylation sites is 1. The zero-order valence-electron chi connectivity index (χ0n) is 9.61. The van der Waals surface area contributed by atoms with Crippen molar-refractivity contribution in [3.63, 3.8) is 0 Å². The van der Waals surface area contributed by atoms with Crippen molar-refractivity contribution >= 4 is 5.69 Å². The average molecular weight is 217 g/mol. The van der Waals surface area contributed by atoms with Crippen molar-refractivity contribution in [2.24, 2.45) is 5.92 Å². The van der Waals surface area contributed by atoms with E-state index in [1.165, 1.54) is 30.5 Å². The summed E-state index contributed by atoms with van der Waals surface area (Å²) >= 11 is 0. The molecular formula is C14H19NO. The first kappa shape index (κ1) is 10.2. The smallest absolute Gasteiger partial charge is 0.0495 e. The van der Waals surface area contributed by atoms with E-state index in [4.69, 9.17) is 4.74 Å². The maximum Gasteiger partial charge on any atom is 0.0495 e. The monoisotopic (exact) mass is 217 g/mol. The van der Waals surface area contributed by atoms with Crippen molar-refractivity contribution in [2.75, 3.05) is 25.1 Å². The molecule has 1 aromatic carbocycles. The fourth-order valence-corrected chi connectivity index (χ4v) is 2.97. The predicted molar refractivity (Wildman–Crippen MR) is 65.8 cm³/mol. The van der Waals surface area contributed by atoms with E-state index in [0.717, 1.165) is 31.6 Å². The van der Waals surface area contributed by atoms with Gasteiger partial charge in [0.1, 0.15) is 0 Å². The van der Waals surface area contributed by atoms with Crippen molar-refractivity contribution in [2.45, 2.75) is 25.2 Å². The van der Waals surface area contributed by atoms with Gasteiger partial charge in [-0.2, -0.15) is 0 Å². The summed E-state index contributed by atoms with van der Waals surface area (Å²) in [6.07, 6.45) is 3.83. The zero-order chi connectivity index (χ0) is 10.8. The summed E-state index contributed by atoms with van der Waals surface area (Å²) in [5, 5.41) is 3.49. The van der Waals surface area contributed by atoms with Gasteiger partial charge in [-0.05, 0) is 42.7 Å². The molecule has 1 N–H and O–H groups in total. The topological polar surface area (TPSA) is 21.3 Å². The van der Waals surface area contributed by atoms with Crippen LogP contribution in [-0.4, -0.2) is 19.8 Å². The third-order valence-electron chi connectivity index (χ3n) is 3.85. The van der Waals surface area contributed by atoms with E-state index in [0.29, 0.717) is 0 Å². The molecule has 1 fully saturated rings. The van der Waals surface area contributed by atoms with Crippen molar-refractivity contribution in [3.05, 3.63) is 29.8 Å². The summed E-state index contributed by atoms with van der Waals surface area (Å²) < 4.78 is 5.47. The molecule has 3 rings (SSSR count). The van der Waals surface area contributed by atoms with E-state index in [1.807, 2.05) is 0 Å². The molecule has 86 valence electrons. The Bertz CT molecular complexity index is 358. The summed E-state index contributed by atoms with van der Waals surface area (Å²) in [6.45, 7) is 3.07. The fourth-order valence-electron chi connectivity index (χ4n) is 2.97. The first-order chi connectivity index (χ1) is 7.93. The highest BCUT2D eigenvalue weighted by Gasteiger charge is 2.25. The SMILES string of the molecule is c1ccc2c(c1)NCCC2CC1CCOC1. The Hall–Kier alpha value is -1.02. The van der Waals surface area contributed by atoms with Crippen LogP contribution >= 0.6 is 0 Å². The lowest BCUT2D eigenvalue weighted by atomic mass is 9.83. The Labute approximate surface area is 97.0 Å². The number of anilines is 1. The maximum atomic E-state index is 5.47. The van der Waals surface area contributed by atoms with Crippen molar-refractivity contribution in [1.82, 2.24) is 0 Å². The standard InChI is InChI=1S/C14H19NO/c1-2-4-14-13(3-1)12(5-7-15-14)9-11-6-8-16-10-11/h1-4,11-12,15H,5-10H2. The first-order valence-electron chi connectivity index (χ1n) is 6.34. The fraction of sp³-hybridized carbons (Fsp3) is 0.571. The lowest BCUT2D eigenvalue weighted by Crippen LogP contribution is -2.19. The highest BCUT2D eigenvalue weighted by atomic mass is 16.5. The molecule has 0 radical (unpaired) electrons. The molecule has 16 heavy (non-hydrogen) atoms. The number of nitrogens with one attached hydrogen (secondary N) is 1. The van der Waals surface area contributed by atoms with Gasteiger partial charge in [0.05, 0.1) is 0 Å². The largest absolute Gasteiger partial charge is 0.385 e. The van der Waals surface area contributed by atoms with Crippen LogP contribution in [0.5, 0.6) is 0 Å². The summed E-state index contributed by atoms with van der Waals surface area (Å²) in [6, 6.07) is 8.76. The van der Waals surface area contributed by atoms with Gasteiger partial charge in [-0.15, -0.1) is 0 Å². The number of hydrogen-bond donors (Lipinski definition) is 1. The van der Waals surface area contributed by atoms with Crippen LogP contribution < -0.4 is 5.32 Å². The molecule has 0 saturated carbocycles. The molecule has 0 aromatic heterocycles. The highest BCUT2D eigenvalue weighted by molar-refractivity contribution is 5.54. The molecule has 2 aliphatic rings. The second-order valence-electron chi connectivity index (χ2n) is 4.96. The van der Waals surface area contributed by atoms with E-state index < -0.39 is 0 Å². The van der Waals surface area contributed by atoms with Gasteiger partial charge in [0.15, 0.2) is 0 Å². The lowest BCUT2D eigenvalue weighted by Gasteiger charge is -2.28. The highest BCUT2D eigenvalue weighted by Crippen LogP contribution is 2.37. The Kier molecular flexibility index (Phi) is 2.83. The molecule has 2 aliphatic heterocycles. The van der Waals surface area contributed by atoms with E-state index in [1.54, 1.807) is 0 Å². The molecule has 0 spiro atoms. The Morgan fingerprint density at radius 1 is 1.25 bits per heavy atom. The molecule has 0 bridgehead atoms. The number of benzene rings is 1. The van der Waals surface area contributed by atoms with Gasteiger partial charge < -0.3 is 10.1 Å². The van der Waals surface area contributed by atoms with E-state index in [-0.39, 0.29) is 0 Å². The molecule has 2 nitrogen and oxygen atoms in total. The Morgan fingerprint density at radius 3 is 3.06 bits per heavy atom. The summed E-state index contributed by atoms with van der Waals surface area (Å²) in [4.78, 5) is 0. The van der Waals surface area contributed by atoms with Crippen LogP contribution in [0, 0.1) is 5.92 Å². The van der Waals surface area contributed by atoms with Crippen LogP contribution in [-0.2, 0) is 4.74 Å². The minimum atomic E-state index is 0.740. The van der Waals surface area contributed by atoms with Gasteiger partial charge in [0, 0.05) is 25.4 Å². The minimum absolute atomic E-state index is 0.740. The van der Waals surface area contributed by atoms with Crippen LogP contribution in [0.15, 0.2) is 24.3 Å². The van der Waals surface area contributed by atoms with Crippen LogP contribution in [0.25, 0.3) is 0 Å². The number of rotatable bonds is 2. The summed E-state index contributed by atoms with van der Waals surface area (Å²) in [7, 11) is 0. The summed E-state index contributed by atoms with van der Waals surface area (Å²) in [5.74, 6) is 1.53. The molecule has 2 heteroatoms. The molecule has 2 atom stereocenters. The predicted octanol–water partition coefficient (Wildman–Crippen LogP) is 3.01. The molecule has 1 saturated heterocycles. The first-order valence-corrected chi connectivity index (χ1v) is 6.34. The zero-order valence-corrected chi connectivity index (χ0v) is 9.61. The molecule has 2 heterocycles. The normalized spacial score (nSPS) is 28.5. The molecule has 0 amide bonds. The second-order valence-corrected chi connectivity index (χ2v) is 4.96. The van der Waals surface area contributed by atoms with Gasteiger partial charge in [0.2, 0.25) is 0 Å². The van der Waals surface area contributed by atoms with Crippen LogP contribution in [0.1, 0.15) is 30.7 Å². The quantitative estimate of drug-likeness (QED) is 0.822. The van der Waals surface area contributed by atoms with Crippen LogP contribution in [0.2, 0.25) is 0 Å². The van der Waals surface area contributed by atoms with Gasteiger partial charge in [-0.25, -0.2) is 0 Å². The van der Waals surface area contributed by atoms with Crippen molar-refractivity contribution in [1.29, 1.82) is 0 Å². The summed E-state index contributed by atoms with van der Waals surface area (Å²) in [5.41, 5.74) is 2.86. The van der Waals surface area contributed by atoms with Gasteiger partial charge >= 0.3 is 0 Å². The van der Waals surface area contributed by atoms with E-state index in [2.05, 4.69) is 29.6 Å². The molecule has 1 aromatic rings. The maximum absolute atomic E-state index is 5.47. The van der Waals surface area contributed by atoms with Crippen LogP contribution in [0.4, 0.5) is 5.69 Å². The Balaban J connectivity index is 1.76. The number of fused-ring (bicyclic) bond motifs is 1. The van der Waals surface area contributed by atoms with Crippen molar-refractivity contribution < 1.29 is 4.74 Å². The van der Waals surface area contributed by atoms with E-state index >= 15 is 0 Å². The van der Waals surface area contributed by atoms with E-state index in [9.17, 15) is 0 Å².